The molecule has 1 rings (SSSR count). The van der Waals surface area contributed by atoms with E-state index >= 15 is 0 Å². The van der Waals surface area contributed by atoms with Crippen molar-refractivity contribution in [3.63, 3.8) is 0 Å². The number of nitrogens with zero attached hydrogens (tertiary/aromatic N) is 1. The number of rotatable bonds is 2. The van der Waals surface area contributed by atoms with Crippen LogP contribution in [0.25, 0.3) is 0 Å². The van der Waals surface area contributed by atoms with Crippen molar-refractivity contribution in [1.82, 2.24) is 10.3 Å². The zero-order valence-corrected chi connectivity index (χ0v) is 9.02. The third kappa shape index (κ3) is 4.29. The summed E-state index contributed by atoms with van der Waals surface area (Å²) >= 11 is 0. The van der Waals surface area contributed by atoms with Gasteiger partial charge >= 0.3 is 6.18 Å². The Morgan fingerprint density at radius 1 is 1.33 bits per heavy atom. The van der Waals surface area contributed by atoms with Crippen molar-refractivity contribution in [3.05, 3.63) is 29.6 Å². The van der Waals surface area contributed by atoms with Crippen LogP contribution in [0.4, 0.5) is 13.2 Å². The maximum Gasteiger partial charge on any atom is 0.418 e. The number of hydrogen-bond acceptors (Lipinski definition) is 2. The van der Waals surface area contributed by atoms with Crippen LogP contribution < -0.4 is 5.32 Å². The minimum absolute atomic E-state index is 0.0255. The van der Waals surface area contributed by atoms with Crippen LogP contribution in [0.5, 0.6) is 0 Å². The number of hydrogen-bond donors (Lipinski definition) is 1. The molecule has 1 heterocycles. The quantitative estimate of drug-likeness (QED) is 0.829. The molecule has 0 atom stereocenters. The van der Waals surface area contributed by atoms with Crippen LogP contribution in [-0.4, -0.2) is 12.0 Å². The molecule has 0 radical (unpaired) electrons. The summed E-state index contributed by atoms with van der Waals surface area (Å²) in [6.45, 7) is 4.12. The van der Waals surface area contributed by atoms with Crippen LogP contribution in [0.1, 0.15) is 25.1 Å². The van der Waals surface area contributed by atoms with Crippen molar-refractivity contribution < 1.29 is 13.2 Å². The lowest BCUT2D eigenvalue weighted by atomic mass is 10.2. The van der Waals surface area contributed by atoms with E-state index in [9.17, 15) is 13.2 Å². The van der Waals surface area contributed by atoms with E-state index in [1.807, 2.05) is 13.8 Å². The van der Waals surface area contributed by atoms with E-state index in [-0.39, 0.29) is 12.2 Å². The first-order chi connectivity index (χ1) is 7.05. The van der Waals surface area contributed by atoms with Gasteiger partial charge in [-0.2, -0.15) is 13.2 Å². The lowest BCUT2D eigenvalue weighted by Gasteiger charge is -2.10. The van der Waals surface area contributed by atoms with Gasteiger partial charge in [0.25, 0.3) is 0 Å². The molecule has 5 heteroatoms. The summed E-state index contributed by atoms with van der Waals surface area (Å²) in [5, 5.41) is 2.63. The SMILES string of the molecule is CC.CNCc1ncccc1C(F)(F)F. The number of aromatic nitrogens is 1. The van der Waals surface area contributed by atoms with Gasteiger partial charge in [-0.25, -0.2) is 0 Å². The third-order valence-corrected chi connectivity index (χ3v) is 1.54. The van der Waals surface area contributed by atoms with Crippen molar-refractivity contribution in [3.8, 4) is 0 Å². The molecule has 0 aliphatic heterocycles. The van der Waals surface area contributed by atoms with Gasteiger partial charge in [-0.05, 0) is 19.2 Å². The van der Waals surface area contributed by atoms with Gasteiger partial charge in [0, 0.05) is 12.7 Å². The van der Waals surface area contributed by atoms with Gasteiger partial charge in [0.2, 0.25) is 0 Å². The lowest BCUT2D eigenvalue weighted by Crippen LogP contribution is -2.15. The normalized spacial score (nSPS) is 10.5. The molecule has 0 saturated carbocycles. The molecule has 0 spiro atoms. The van der Waals surface area contributed by atoms with Gasteiger partial charge < -0.3 is 5.32 Å². The minimum Gasteiger partial charge on any atom is -0.314 e. The highest BCUT2D eigenvalue weighted by molar-refractivity contribution is 5.22. The van der Waals surface area contributed by atoms with Crippen molar-refractivity contribution in [2.75, 3.05) is 7.05 Å². The predicted octanol–water partition coefficient (Wildman–Crippen LogP) is 2.85. The maximum atomic E-state index is 12.3. The average molecular weight is 220 g/mol. The fourth-order valence-electron chi connectivity index (χ4n) is 1.00. The summed E-state index contributed by atoms with van der Waals surface area (Å²) in [5.41, 5.74) is -0.651. The Hall–Kier alpha value is -1.10. The van der Waals surface area contributed by atoms with Crippen LogP contribution in [0, 0.1) is 0 Å². The Morgan fingerprint density at radius 2 is 1.93 bits per heavy atom. The first-order valence-electron chi connectivity index (χ1n) is 4.71. The monoisotopic (exact) mass is 220 g/mol. The molecule has 2 nitrogen and oxygen atoms in total. The molecular weight excluding hydrogens is 205 g/mol. The summed E-state index contributed by atoms with van der Waals surface area (Å²) in [5.74, 6) is 0. The average Bonchev–Trinajstić information content (AvgIpc) is 2.21. The molecule has 1 N–H and O–H groups in total. The summed E-state index contributed by atoms with van der Waals surface area (Å²) < 4.78 is 36.9. The molecule has 0 unspecified atom stereocenters. The van der Waals surface area contributed by atoms with Gasteiger partial charge in [-0.3, -0.25) is 4.98 Å². The zero-order valence-electron chi connectivity index (χ0n) is 9.02. The number of alkyl halides is 3. The maximum absolute atomic E-state index is 12.3. The van der Waals surface area contributed by atoms with Gasteiger partial charge in [0.1, 0.15) is 0 Å². The van der Waals surface area contributed by atoms with E-state index in [4.69, 9.17) is 0 Å². The topological polar surface area (TPSA) is 24.9 Å². The molecule has 0 aliphatic rings. The minimum atomic E-state index is -4.32. The van der Waals surface area contributed by atoms with E-state index in [1.165, 1.54) is 12.3 Å². The zero-order chi connectivity index (χ0) is 11.9. The predicted molar refractivity (Wildman–Crippen MR) is 53.4 cm³/mol. The fraction of sp³-hybridized carbons (Fsp3) is 0.500. The van der Waals surface area contributed by atoms with Crippen molar-refractivity contribution in [2.24, 2.45) is 0 Å². The molecule has 86 valence electrons. The second-order valence-corrected chi connectivity index (χ2v) is 2.53. The molecule has 0 saturated heterocycles. The molecule has 15 heavy (non-hydrogen) atoms. The smallest absolute Gasteiger partial charge is 0.314 e. The Kier molecular flexibility index (Phi) is 5.93. The van der Waals surface area contributed by atoms with Gasteiger partial charge in [0.05, 0.1) is 11.3 Å². The highest BCUT2D eigenvalue weighted by atomic mass is 19.4. The van der Waals surface area contributed by atoms with Crippen LogP contribution >= 0.6 is 0 Å². The van der Waals surface area contributed by atoms with Crippen molar-refractivity contribution >= 4 is 0 Å². The number of nitrogens with one attached hydrogen (secondary N) is 1. The molecule has 1 aromatic rings. The fourth-order valence-corrected chi connectivity index (χ4v) is 1.00. The van der Waals surface area contributed by atoms with Gasteiger partial charge in [0.15, 0.2) is 0 Å². The summed E-state index contributed by atoms with van der Waals surface area (Å²) in [4.78, 5) is 3.65. The van der Waals surface area contributed by atoms with E-state index < -0.39 is 11.7 Å². The standard InChI is InChI=1S/C8H9F3N2.C2H6/c1-12-5-7-6(8(9,10)11)3-2-4-13-7;1-2/h2-4,12H,5H2,1H3;1-2H3. The first kappa shape index (κ1) is 13.9. The second kappa shape index (κ2) is 6.40. The summed E-state index contributed by atoms with van der Waals surface area (Å²) in [6, 6.07) is 2.31. The Morgan fingerprint density at radius 3 is 2.40 bits per heavy atom. The van der Waals surface area contributed by atoms with E-state index in [0.717, 1.165) is 6.07 Å². The van der Waals surface area contributed by atoms with Crippen LogP contribution in [-0.2, 0) is 12.7 Å². The second-order valence-electron chi connectivity index (χ2n) is 2.53. The van der Waals surface area contributed by atoms with Crippen LogP contribution in [0.3, 0.4) is 0 Å². The molecular formula is C10H15F3N2. The summed E-state index contributed by atoms with van der Waals surface area (Å²) in [6.07, 6.45) is -2.97. The Labute approximate surface area is 87.5 Å². The molecule has 0 fully saturated rings. The number of pyridine rings is 1. The molecule has 1 aromatic heterocycles. The molecule has 0 amide bonds. The van der Waals surface area contributed by atoms with Gasteiger partial charge in [-0.1, -0.05) is 13.8 Å². The highest BCUT2D eigenvalue weighted by Gasteiger charge is 2.33. The van der Waals surface area contributed by atoms with E-state index in [2.05, 4.69) is 10.3 Å². The third-order valence-electron chi connectivity index (χ3n) is 1.54. The molecule has 0 aliphatic carbocycles. The first-order valence-corrected chi connectivity index (χ1v) is 4.71. The van der Waals surface area contributed by atoms with Crippen molar-refractivity contribution in [2.45, 2.75) is 26.6 Å². The lowest BCUT2D eigenvalue weighted by molar-refractivity contribution is -0.138. The summed E-state index contributed by atoms with van der Waals surface area (Å²) in [7, 11) is 1.58. The van der Waals surface area contributed by atoms with Crippen LogP contribution in [0.15, 0.2) is 18.3 Å². The Bertz CT molecular complexity index is 284. The number of halogens is 3. The molecule has 0 bridgehead atoms. The highest BCUT2D eigenvalue weighted by Crippen LogP contribution is 2.30. The van der Waals surface area contributed by atoms with E-state index in [1.54, 1.807) is 7.05 Å². The Balaban J connectivity index is 0.000000921. The largest absolute Gasteiger partial charge is 0.418 e. The molecule has 0 aromatic carbocycles. The van der Waals surface area contributed by atoms with Crippen LogP contribution in [0.2, 0.25) is 0 Å². The van der Waals surface area contributed by atoms with Gasteiger partial charge in [-0.15, -0.1) is 0 Å². The van der Waals surface area contributed by atoms with Crippen molar-refractivity contribution in [1.29, 1.82) is 0 Å². The van der Waals surface area contributed by atoms with E-state index in [0.29, 0.717) is 0 Å².